The highest BCUT2D eigenvalue weighted by molar-refractivity contribution is 5.65. The normalized spacial score (nSPS) is 26.9. The Morgan fingerprint density at radius 3 is 2.50 bits per heavy atom. The number of fused-ring (bicyclic) bond motifs is 1. The molecule has 160 valence electrons. The third kappa shape index (κ3) is 3.72. The molecule has 1 fully saturated rings. The van der Waals surface area contributed by atoms with Gasteiger partial charge in [-0.25, -0.2) is 0 Å². The summed E-state index contributed by atoms with van der Waals surface area (Å²) in [4.78, 5) is 26.2. The Labute approximate surface area is 174 Å². The summed E-state index contributed by atoms with van der Waals surface area (Å²) >= 11 is 0. The molecule has 1 aromatic carbocycles. The summed E-state index contributed by atoms with van der Waals surface area (Å²) in [7, 11) is 1.41. The molecule has 8 nitrogen and oxygen atoms in total. The van der Waals surface area contributed by atoms with E-state index in [1.165, 1.54) is 31.9 Å². The van der Waals surface area contributed by atoms with E-state index in [0.29, 0.717) is 17.9 Å². The highest BCUT2D eigenvalue weighted by Gasteiger charge is 2.45. The van der Waals surface area contributed by atoms with Crippen molar-refractivity contribution in [2.75, 3.05) is 26.7 Å². The zero-order valence-electron chi connectivity index (χ0n) is 16.9. The maximum absolute atomic E-state index is 13.3. The Morgan fingerprint density at radius 1 is 1.17 bits per heavy atom. The van der Waals surface area contributed by atoms with Crippen molar-refractivity contribution in [2.45, 2.75) is 43.5 Å². The topological polar surface area (TPSA) is 113 Å². The number of rotatable bonds is 5. The van der Waals surface area contributed by atoms with Crippen LogP contribution in [0.2, 0.25) is 0 Å². The molecule has 0 radical (unpaired) electrons. The average molecular weight is 414 g/mol. The van der Waals surface area contributed by atoms with E-state index in [9.17, 15) is 19.9 Å². The molecule has 2 heterocycles. The predicted molar refractivity (Wildman–Crippen MR) is 111 cm³/mol. The third-order valence-electron chi connectivity index (χ3n) is 6.21. The number of ether oxygens (including phenoxy) is 1. The van der Waals surface area contributed by atoms with Crippen LogP contribution in [0.15, 0.2) is 44.9 Å². The number of piperidine rings is 1. The van der Waals surface area contributed by atoms with Gasteiger partial charge >= 0.3 is 0 Å². The Bertz CT molecular complexity index is 951. The second kappa shape index (κ2) is 8.77. The molecule has 1 aromatic heterocycles. The second-order valence-electron chi connectivity index (χ2n) is 8.00. The van der Waals surface area contributed by atoms with Crippen molar-refractivity contribution in [1.29, 1.82) is 0 Å². The van der Waals surface area contributed by atoms with Gasteiger partial charge in [0.1, 0.15) is 29.9 Å². The van der Waals surface area contributed by atoms with E-state index in [1.54, 1.807) is 12.1 Å². The van der Waals surface area contributed by atoms with E-state index in [4.69, 9.17) is 9.15 Å². The van der Waals surface area contributed by atoms with Crippen molar-refractivity contribution < 1.29 is 19.4 Å². The number of benzene rings is 1. The molecule has 1 saturated heterocycles. The van der Waals surface area contributed by atoms with Gasteiger partial charge in [-0.15, -0.1) is 4.91 Å². The van der Waals surface area contributed by atoms with Gasteiger partial charge in [-0.05, 0) is 48.8 Å². The molecule has 0 saturated carbocycles. The summed E-state index contributed by atoms with van der Waals surface area (Å²) in [6, 6.07) is 6.24. The fourth-order valence-electron chi connectivity index (χ4n) is 4.58. The van der Waals surface area contributed by atoms with Gasteiger partial charge in [-0.1, -0.05) is 18.6 Å². The molecule has 0 bridgehead atoms. The summed E-state index contributed by atoms with van der Waals surface area (Å²) in [5.74, 6) is -0.163. The summed E-state index contributed by atoms with van der Waals surface area (Å²) in [5.41, 5.74) is 0.842. The fraction of sp³-hybridized carbons (Fsp3) is 0.500. The van der Waals surface area contributed by atoms with Crippen LogP contribution >= 0.6 is 0 Å². The maximum atomic E-state index is 13.3. The lowest BCUT2D eigenvalue weighted by Crippen LogP contribution is -2.49. The minimum atomic E-state index is -1.30. The minimum Gasteiger partial charge on any atom is -0.468 e. The largest absolute Gasteiger partial charge is 0.468 e. The van der Waals surface area contributed by atoms with Gasteiger partial charge in [-0.3, -0.25) is 4.79 Å². The minimum absolute atomic E-state index is 0.129. The molecular weight excluding hydrogens is 388 g/mol. The molecule has 4 unspecified atom stereocenters. The van der Waals surface area contributed by atoms with Crippen LogP contribution in [0, 0.1) is 4.91 Å². The number of likely N-dealkylation sites (tertiary alicyclic amines) is 1. The quantitative estimate of drug-likeness (QED) is 0.723. The van der Waals surface area contributed by atoms with Gasteiger partial charge in [0.25, 0.3) is 0 Å². The van der Waals surface area contributed by atoms with Crippen molar-refractivity contribution >= 4 is 5.69 Å². The van der Waals surface area contributed by atoms with Crippen LogP contribution in [0.3, 0.4) is 0 Å². The maximum Gasteiger partial charge on any atom is 0.198 e. The Kier molecular flexibility index (Phi) is 6.10. The number of nitrogens with zero attached hydrogens (tertiary/aromatic N) is 2. The van der Waals surface area contributed by atoms with Crippen LogP contribution < -0.4 is 5.43 Å². The lowest BCUT2D eigenvalue weighted by Gasteiger charge is -2.40. The van der Waals surface area contributed by atoms with Crippen molar-refractivity contribution in [3.05, 3.63) is 57.0 Å². The van der Waals surface area contributed by atoms with Crippen LogP contribution in [0.1, 0.15) is 42.6 Å². The first kappa shape index (κ1) is 20.9. The van der Waals surface area contributed by atoms with E-state index in [0.717, 1.165) is 25.9 Å². The first-order valence-electron chi connectivity index (χ1n) is 10.3. The molecule has 1 aliphatic heterocycles. The molecule has 4 rings (SSSR count). The lowest BCUT2D eigenvalue weighted by atomic mass is 9.80. The standard InChI is InChI=1S/C22H26N2O6/c1-29-22-19(26)15(11-24-9-3-2-4-10-24)21-17(20(22)27)18(25)16(12-30-21)13-5-7-14(23-28)8-6-13/h5-8,12,15,19-20,22,26-27H,2-4,9-11H2,1H3. The monoisotopic (exact) mass is 414 g/mol. The third-order valence-corrected chi connectivity index (χ3v) is 6.21. The highest BCUT2D eigenvalue weighted by Crippen LogP contribution is 2.39. The smallest absolute Gasteiger partial charge is 0.198 e. The molecule has 2 N–H and O–H groups in total. The summed E-state index contributed by atoms with van der Waals surface area (Å²) < 4.78 is 11.2. The van der Waals surface area contributed by atoms with Crippen molar-refractivity contribution in [2.24, 2.45) is 5.18 Å². The summed E-state index contributed by atoms with van der Waals surface area (Å²) in [6.07, 6.45) is 1.53. The van der Waals surface area contributed by atoms with Crippen LogP contribution in [0.4, 0.5) is 5.69 Å². The zero-order valence-corrected chi connectivity index (χ0v) is 16.9. The van der Waals surface area contributed by atoms with E-state index < -0.39 is 24.2 Å². The van der Waals surface area contributed by atoms with E-state index in [2.05, 4.69) is 10.1 Å². The fourth-order valence-corrected chi connectivity index (χ4v) is 4.58. The number of methoxy groups -OCH3 is 1. The molecule has 1 aliphatic carbocycles. The van der Waals surface area contributed by atoms with Crippen molar-refractivity contribution in [1.82, 2.24) is 4.90 Å². The van der Waals surface area contributed by atoms with Gasteiger partial charge in [0, 0.05) is 13.7 Å². The first-order valence-corrected chi connectivity index (χ1v) is 10.3. The van der Waals surface area contributed by atoms with Gasteiger partial charge in [-0.2, -0.15) is 0 Å². The van der Waals surface area contributed by atoms with Gasteiger partial charge in [0.15, 0.2) is 5.43 Å². The van der Waals surface area contributed by atoms with E-state index >= 15 is 0 Å². The SMILES string of the molecule is COC1C(O)c2c(occ(-c3ccc(N=O)cc3)c2=O)C(CN2CCCCC2)C1O. The molecule has 4 atom stereocenters. The number of nitroso groups, excluding NO2 is 1. The summed E-state index contributed by atoms with van der Waals surface area (Å²) in [5, 5.41) is 24.6. The average Bonchev–Trinajstić information content (AvgIpc) is 2.77. The Balaban J connectivity index is 1.76. The molecule has 30 heavy (non-hydrogen) atoms. The molecular formula is C22H26N2O6. The van der Waals surface area contributed by atoms with Crippen LogP contribution in [0.5, 0.6) is 0 Å². The van der Waals surface area contributed by atoms with E-state index in [1.807, 2.05) is 0 Å². The number of hydrogen-bond acceptors (Lipinski definition) is 8. The van der Waals surface area contributed by atoms with Crippen LogP contribution in [0.25, 0.3) is 11.1 Å². The van der Waals surface area contributed by atoms with Gasteiger partial charge in [0.05, 0.1) is 23.1 Å². The molecule has 0 amide bonds. The second-order valence-corrected chi connectivity index (χ2v) is 8.00. The lowest BCUT2D eigenvalue weighted by molar-refractivity contribution is -0.108. The van der Waals surface area contributed by atoms with Crippen molar-refractivity contribution in [3.8, 4) is 11.1 Å². The Hall–Kier alpha value is -2.39. The number of hydrogen-bond donors (Lipinski definition) is 2. The number of aliphatic hydroxyl groups excluding tert-OH is 2. The molecule has 0 spiro atoms. The summed E-state index contributed by atoms with van der Waals surface area (Å²) in [6.45, 7) is 2.39. The van der Waals surface area contributed by atoms with Gasteiger partial charge < -0.3 is 24.3 Å². The zero-order chi connectivity index (χ0) is 21.3. The highest BCUT2D eigenvalue weighted by atomic mass is 16.5. The van der Waals surface area contributed by atoms with Crippen LogP contribution in [-0.4, -0.2) is 54.1 Å². The van der Waals surface area contributed by atoms with Crippen molar-refractivity contribution in [3.63, 3.8) is 0 Å². The molecule has 2 aromatic rings. The van der Waals surface area contributed by atoms with Gasteiger partial charge in [0.2, 0.25) is 0 Å². The first-order chi connectivity index (χ1) is 14.5. The van der Waals surface area contributed by atoms with Crippen LogP contribution in [-0.2, 0) is 4.74 Å². The molecule has 8 heteroatoms. The Morgan fingerprint density at radius 2 is 1.87 bits per heavy atom. The molecule has 2 aliphatic rings. The van der Waals surface area contributed by atoms with E-state index in [-0.39, 0.29) is 22.2 Å². The predicted octanol–water partition coefficient (Wildman–Crippen LogP) is 2.70. The number of aliphatic hydroxyl groups is 2.